The summed E-state index contributed by atoms with van der Waals surface area (Å²) in [5.74, 6) is -1.03. The molecule has 0 unspecified atom stereocenters. The third kappa shape index (κ3) is 2.95. The first-order chi connectivity index (χ1) is 10.6. The molecule has 22 heavy (non-hydrogen) atoms. The van der Waals surface area contributed by atoms with Crippen molar-refractivity contribution < 1.29 is 13.3 Å². The number of nitrogens with zero attached hydrogens (tertiary/aromatic N) is 2. The van der Waals surface area contributed by atoms with Crippen LogP contribution in [0.2, 0.25) is 0 Å². The Morgan fingerprint density at radius 3 is 2.50 bits per heavy atom. The largest absolute Gasteiger partial charge is 0.441 e. The maximum atomic E-state index is 13.7. The lowest BCUT2D eigenvalue weighted by molar-refractivity contribution is 0.375. The lowest BCUT2D eigenvalue weighted by Gasteiger charge is -2.05. The second kappa shape index (κ2) is 5.93. The third-order valence-corrected chi connectivity index (χ3v) is 3.32. The quantitative estimate of drug-likeness (QED) is 0.744. The Kier molecular flexibility index (Phi) is 3.82. The molecule has 0 amide bonds. The smallest absolute Gasteiger partial charge is 0.296 e. The van der Waals surface area contributed by atoms with Crippen LogP contribution in [0.3, 0.4) is 0 Å². The summed E-state index contributed by atoms with van der Waals surface area (Å²) in [7, 11) is 0. The highest BCUT2D eigenvalue weighted by atomic mass is 19.1. The first-order valence-corrected chi connectivity index (χ1v) is 6.67. The van der Waals surface area contributed by atoms with E-state index in [9.17, 15) is 13.6 Å². The van der Waals surface area contributed by atoms with Crippen molar-refractivity contribution in [2.24, 2.45) is 0 Å². The van der Waals surface area contributed by atoms with Crippen LogP contribution in [0.5, 0.6) is 0 Å². The average Bonchev–Trinajstić information content (AvgIpc) is 2.85. The molecule has 0 saturated heterocycles. The van der Waals surface area contributed by atoms with E-state index in [1.807, 2.05) is 0 Å². The molecule has 0 spiro atoms. The standard InChI is InChI=1S/C16H12F2N2O2/c17-13-7-5-11(6-8-13)10-20-15(19-22-16(20)21)9-12-3-1-2-4-14(12)18/h1-8H,9-10H2. The molecule has 2 aromatic carbocycles. The van der Waals surface area contributed by atoms with Gasteiger partial charge < -0.3 is 0 Å². The molecule has 1 heterocycles. The normalized spacial score (nSPS) is 10.8. The van der Waals surface area contributed by atoms with Crippen molar-refractivity contribution in [3.8, 4) is 0 Å². The van der Waals surface area contributed by atoms with Crippen LogP contribution in [0.4, 0.5) is 8.78 Å². The lowest BCUT2D eigenvalue weighted by atomic mass is 10.1. The SMILES string of the molecule is O=c1onc(Cc2ccccc2F)n1Cc1ccc(F)cc1. The first-order valence-electron chi connectivity index (χ1n) is 6.67. The van der Waals surface area contributed by atoms with Crippen molar-refractivity contribution in [1.82, 2.24) is 9.72 Å². The predicted molar refractivity (Wildman–Crippen MR) is 75.5 cm³/mol. The van der Waals surface area contributed by atoms with Gasteiger partial charge in [0.25, 0.3) is 0 Å². The van der Waals surface area contributed by atoms with Crippen LogP contribution in [0.15, 0.2) is 57.8 Å². The highest BCUT2D eigenvalue weighted by Crippen LogP contribution is 2.12. The number of hydrogen-bond acceptors (Lipinski definition) is 3. The summed E-state index contributed by atoms with van der Waals surface area (Å²) in [6, 6.07) is 12.0. The van der Waals surface area contributed by atoms with Gasteiger partial charge in [-0.2, -0.15) is 0 Å². The zero-order valence-electron chi connectivity index (χ0n) is 11.5. The molecule has 3 rings (SSSR count). The summed E-state index contributed by atoms with van der Waals surface area (Å²) >= 11 is 0. The molecule has 112 valence electrons. The molecule has 0 saturated carbocycles. The molecule has 0 N–H and O–H groups in total. The topological polar surface area (TPSA) is 48.0 Å². The zero-order chi connectivity index (χ0) is 15.5. The minimum absolute atomic E-state index is 0.139. The van der Waals surface area contributed by atoms with E-state index < -0.39 is 5.76 Å². The van der Waals surface area contributed by atoms with E-state index in [-0.39, 0.29) is 24.6 Å². The van der Waals surface area contributed by atoms with Gasteiger partial charge in [-0.25, -0.2) is 13.6 Å². The molecule has 0 aliphatic carbocycles. The second-order valence-electron chi connectivity index (χ2n) is 4.85. The van der Waals surface area contributed by atoms with Gasteiger partial charge in [0.2, 0.25) is 0 Å². The van der Waals surface area contributed by atoms with Crippen LogP contribution in [0, 0.1) is 11.6 Å². The Labute approximate surface area is 124 Å². The van der Waals surface area contributed by atoms with Crippen molar-refractivity contribution in [3.63, 3.8) is 0 Å². The molecule has 1 aromatic heterocycles. The number of benzene rings is 2. The van der Waals surface area contributed by atoms with Crippen molar-refractivity contribution >= 4 is 0 Å². The van der Waals surface area contributed by atoms with Gasteiger partial charge in [0.1, 0.15) is 11.6 Å². The van der Waals surface area contributed by atoms with E-state index in [0.29, 0.717) is 11.4 Å². The Balaban J connectivity index is 1.89. The van der Waals surface area contributed by atoms with Crippen LogP contribution in [-0.4, -0.2) is 9.72 Å². The maximum Gasteiger partial charge on any atom is 0.441 e. The van der Waals surface area contributed by atoms with Gasteiger partial charge in [-0.1, -0.05) is 35.5 Å². The van der Waals surface area contributed by atoms with E-state index >= 15 is 0 Å². The highest BCUT2D eigenvalue weighted by Gasteiger charge is 2.13. The van der Waals surface area contributed by atoms with Crippen LogP contribution in [0.1, 0.15) is 17.0 Å². The second-order valence-corrected chi connectivity index (χ2v) is 4.85. The van der Waals surface area contributed by atoms with Gasteiger partial charge in [0.15, 0.2) is 5.82 Å². The molecule has 0 radical (unpaired) electrons. The van der Waals surface area contributed by atoms with Gasteiger partial charge in [-0.3, -0.25) is 9.09 Å². The van der Waals surface area contributed by atoms with Crippen LogP contribution < -0.4 is 5.76 Å². The summed E-state index contributed by atoms with van der Waals surface area (Å²) in [6.45, 7) is 0.187. The van der Waals surface area contributed by atoms with Gasteiger partial charge in [-0.05, 0) is 29.3 Å². The first kappa shape index (κ1) is 14.2. The number of rotatable bonds is 4. The zero-order valence-corrected chi connectivity index (χ0v) is 11.5. The maximum absolute atomic E-state index is 13.7. The minimum atomic E-state index is -0.629. The fourth-order valence-electron chi connectivity index (χ4n) is 2.16. The molecule has 0 aliphatic rings. The number of halogens is 2. The van der Waals surface area contributed by atoms with Crippen molar-refractivity contribution in [2.75, 3.05) is 0 Å². The molecule has 0 atom stereocenters. The number of hydrogen-bond donors (Lipinski definition) is 0. The molecule has 0 bridgehead atoms. The predicted octanol–water partition coefficient (Wildman–Crippen LogP) is 2.75. The Morgan fingerprint density at radius 1 is 1.05 bits per heavy atom. The summed E-state index contributed by atoms with van der Waals surface area (Å²) in [4.78, 5) is 11.8. The highest BCUT2D eigenvalue weighted by molar-refractivity contribution is 5.22. The van der Waals surface area contributed by atoms with Gasteiger partial charge in [-0.15, -0.1) is 0 Å². The number of aromatic nitrogens is 2. The average molecular weight is 302 g/mol. The fourth-order valence-corrected chi connectivity index (χ4v) is 2.16. The van der Waals surface area contributed by atoms with Gasteiger partial charge in [0, 0.05) is 6.42 Å². The molecule has 0 aliphatic heterocycles. The van der Waals surface area contributed by atoms with Crippen LogP contribution >= 0.6 is 0 Å². The van der Waals surface area contributed by atoms with E-state index in [1.165, 1.54) is 22.8 Å². The van der Waals surface area contributed by atoms with E-state index in [1.54, 1.807) is 30.3 Å². The van der Waals surface area contributed by atoms with Gasteiger partial charge in [0.05, 0.1) is 6.54 Å². The Hall–Kier alpha value is -2.76. The van der Waals surface area contributed by atoms with Gasteiger partial charge >= 0.3 is 5.76 Å². The molecular weight excluding hydrogens is 290 g/mol. The molecule has 6 heteroatoms. The lowest BCUT2D eigenvalue weighted by Crippen LogP contribution is -2.18. The summed E-state index contributed by atoms with van der Waals surface area (Å²) in [5.41, 5.74) is 1.14. The summed E-state index contributed by atoms with van der Waals surface area (Å²) < 4.78 is 32.6. The van der Waals surface area contributed by atoms with E-state index in [2.05, 4.69) is 9.68 Å². The summed E-state index contributed by atoms with van der Waals surface area (Å²) in [5, 5.41) is 3.70. The third-order valence-electron chi connectivity index (χ3n) is 3.32. The molecular formula is C16H12F2N2O2. The van der Waals surface area contributed by atoms with Crippen LogP contribution in [0.25, 0.3) is 0 Å². The summed E-state index contributed by atoms with van der Waals surface area (Å²) in [6.07, 6.45) is 0.139. The van der Waals surface area contributed by atoms with Crippen molar-refractivity contribution in [3.05, 3.63) is 87.7 Å². The Morgan fingerprint density at radius 2 is 1.77 bits per heavy atom. The van der Waals surface area contributed by atoms with Crippen molar-refractivity contribution in [2.45, 2.75) is 13.0 Å². The molecule has 4 nitrogen and oxygen atoms in total. The van der Waals surface area contributed by atoms with Crippen LogP contribution in [-0.2, 0) is 13.0 Å². The molecule has 0 fully saturated rings. The van der Waals surface area contributed by atoms with E-state index in [0.717, 1.165) is 5.56 Å². The molecule has 3 aromatic rings. The fraction of sp³-hybridized carbons (Fsp3) is 0.125. The monoisotopic (exact) mass is 302 g/mol. The van der Waals surface area contributed by atoms with Crippen molar-refractivity contribution in [1.29, 1.82) is 0 Å². The minimum Gasteiger partial charge on any atom is -0.296 e. The Bertz CT molecular complexity index is 838. The van der Waals surface area contributed by atoms with E-state index in [4.69, 9.17) is 0 Å².